The molecule has 0 spiro atoms. The Labute approximate surface area is 142 Å². The van der Waals surface area contributed by atoms with Crippen LogP contribution in [0.15, 0.2) is 43.0 Å². The van der Waals surface area contributed by atoms with Gasteiger partial charge >= 0.3 is 12.4 Å². The molecule has 0 aliphatic rings. The number of aliphatic hydroxyl groups excluding tert-OH is 1. The van der Waals surface area contributed by atoms with Crippen LogP contribution in [-0.4, -0.2) is 19.6 Å². The van der Waals surface area contributed by atoms with E-state index in [0.717, 1.165) is 6.07 Å². The second kappa shape index (κ2) is 6.27. The van der Waals surface area contributed by atoms with Crippen molar-refractivity contribution < 1.29 is 31.4 Å². The molecule has 0 bridgehead atoms. The number of rotatable bonds is 3. The number of alkyl halides is 6. The number of benzene rings is 1. The molecule has 10 heteroatoms. The summed E-state index contributed by atoms with van der Waals surface area (Å²) in [6, 6.07) is 3.49. The number of aromatic nitrogens is 3. The SMILES string of the molecule is OC(Cn1ccnc1)c1cc(C(F)(F)F)nc2c(C(F)(F)F)cccc12. The molecule has 1 N–H and O–H groups in total. The summed E-state index contributed by atoms with van der Waals surface area (Å²) in [7, 11) is 0. The fourth-order valence-corrected chi connectivity index (χ4v) is 2.62. The minimum atomic E-state index is -4.96. The largest absolute Gasteiger partial charge is 0.433 e. The van der Waals surface area contributed by atoms with Crippen LogP contribution in [0.2, 0.25) is 0 Å². The average molecular weight is 375 g/mol. The van der Waals surface area contributed by atoms with Crippen LogP contribution in [0.25, 0.3) is 10.9 Å². The molecule has 2 heterocycles. The minimum Gasteiger partial charge on any atom is -0.387 e. The summed E-state index contributed by atoms with van der Waals surface area (Å²) in [6.07, 6.45) is -7.13. The van der Waals surface area contributed by atoms with Gasteiger partial charge in [0.25, 0.3) is 0 Å². The van der Waals surface area contributed by atoms with Gasteiger partial charge in [-0.3, -0.25) is 0 Å². The van der Waals surface area contributed by atoms with Crippen LogP contribution in [0.4, 0.5) is 26.3 Å². The van der Waals surface area contributed by atoms with E-state index in [9.17, 15) is 31.4 Å². The number of hydrogen-bond acceptors (Lipinski definition) is 3. The van der Waals surface area contributed by atoms with E-state index >= 15 is 0 Å². The maximum absolute atomic E-state index is 13.2. The van der Waals surface area contributed by atoms with E-state index in [-0.39, 0.29) is 17.5 Å². The molecule has 0 aliphatic heterocycles. The Morgan fingerprint density at radius 1 is 1.08 bits per heavy atom. The first kappa shape index (κ1) is 18.2. The van der Waals surface area contributed by atoms with E-state index in [1.54, 1.807) is 0 Å². The minimum absolute atomic E-state index is 0.174. The van der Waals surface area contributed by atoms with Gasteiger partial charge in [0, 0.05) is 17.8 Å². The maximum atomic E-state index is 13.2. The van der Waals surface area contributed by atoms with Gasteiger partial charge in [0.1, 0.15) is 5.69 Å². The monoisotopic (exact) mass is 375 g/mol. The van der Waals surface area contributed by atoms with Gasteiger partial charge in [0.2, 0.25) is 0 Å². The topological polar surface area (TPSA) is 50.9 Å². The Hall–Kier alpha value is -2.62. The standard InChI is InChI=1S/C16H11F6N3O/c17-15(18,19)11-3-1-2-9-10(12(26)7-25-5-4-23-8-25)6-13(16(20,21)22)24-14(9)11/h1-6,8,12,26H,7H2. The molecule has 0 fully saturated rings. The molecule has 1 atom stereocenters. The third kappa shape index (κ3) is 3.50. The van der Waals surface area contributed by atoms with Gasteiger partial charge in [0.15, 0.2) is 0 Å². The predicted octanol–water partition coefficient (Wildman–Crippen LogP) is 4.20. The molecule has 2 aromatic heterocycles. The Bertz CT molecular complexity index is 918. The van der Waals surface area contributed by atoms with Crippen molar-refractivity contribution in [1.29, 1.82) is 0 Å². The van der Waals surface area contributed by atoms with Gasteiger partial charge in [-0.25, -0.2) is 9.97 Å². The van der Waals surface area contributed by atoms with Crippen LogP contribution >= 0.6 is 0 Å². The lowest BCUT2D eigenvalue weighted by Crippen LogP contribution is -2.15. The van der Waals surface area contributed by atoms with Crippen LogP contribution in [0.5, 0.6) is 0 Å². The molecule has 3 aromatic rings. The number of halogens is 6. The number of para-hydroxylation sites is 1. The summed E-state index contributed by atoms with van der Waals surface area (Å²) in [6.45, 7) is -0.174. The first-order chi connectivity index (χ1) is 12.1. The summed E-state index contributed by atoms with van der Waals surface area (Å²) in [5.41, 5.74) is -3.94. The number of imidazole rings is 1. The molecule has 26 heavy (non-hydrogen) atoms. The van der Waals surface area contributed by atoms with Crippen LogP contribution in [0, 0.1) is 0 Å². The van der Waals surface area contributed by atoms with E-state index in [0.29, 0.717) is 12.1 Å². The van der Waals surface area contributed by atoms with E-state index in [4.69, 9.17) is 0 Å². The molecule has 0 radical (unpaired) electrons. The lowest BCUT2D eigenvalue weighted by molar-refractivity contribution is -0.142. The van der Waals surface area contributed by atoms with E-state index < -0.39 is 35.2 Å². The van der Waals surface area contributed by atoms with Crippen LogP contribution < -0.4 is 0 Å². The van der Waals surface area contributed by atoms with Crippen molar-refractivity contribution in [2.24, 2.45) is 0 Å². The fraction of sp³-hybridized carbons (Fsp3) is 0.250. The van der Waals surface area contributed by atoms with Gasteiger partial charge in [-0.15, -0.1) is 0 Å². The number of fused-ring (bicyclic) bond motifs is 1. The highest BCUT2D eigenvalue weighted by Gasteiger charge is 2.37. The maximum Gasteiger partial charge on any atom is 0.433 e. The van der Waals surface area contributed by atoms with Gasteiger partial charge in [-0.1, -0.05) is 12.1 Å². The van der Waals surface area contributed by atoms with Crippen molar-refractivity contribution in [2.75, 3.05) is 0 Å². The average Bonchev–Trinajstić information content (AvgIpc) is 3.04. The number of pyridine rings is 1. The highest BCUT2D eigenvalue weighted by Crippen LogP contribution is 2.39. The van der Waals surface area contributed by atoms with Crippen molar-refractivity contribution in [1.82, 2.24) is 14.5 Å². The molecule has 1 aromatic carbocycles. The van der Waals surface area contributed by atoms with Crippen LogP contribution in [0.1, 0.15) is 22.9 Å². The number of aliphatic hydroxyl groups is 1. The Balaban J connectivity index is 2.23. The van der Waals surface area contributed by atoms with Crippen molar-refractivity contribution in [3.63, 3.8) is 0 Å². The Morgan fingerprint density at radius 3 is 2.38 bits per heavy atom. The third-order valence-corrected chi connectivity index (χ3v) is 3.77. The molecule has 0 saturated carbocycles. The van der Waals surface area contributed by atoms with Crippen molar-refractivity contribution in [3.8, 4) is 0 Å². The molecule has 4 nitrogen and oxygen atoms in total. The Morgan fingerprint density at radius 2 is 1.81 bits per heavy atom. The molecule has 3 rings (SSSR count). The number of nitrogens with zero attached hydrogens (tertiary/aromatic N) is 3. The molecular weight excluding hydrogens is 364 g/mol. The van der Waals surface area contributed by atoms with Crippen molar-refractivity contribution in [3.05, 3.63) is 59.8 Å². The van der Waals surface area contributed by atoms with E-state index in [2.05, 4.69) is 9.97 Å². The van der Waals surface area contributed by atoms with Gasteiger partial charge in [-0.2, -0.15) is 26.3 Å². The zero-order valence-electron chi connectivity index (χ0n) is 12.9. The lowest BCUT2D eigenvalue weighted by atomic mass is 9.99. The predicted molar refractivity (Wildman–Crippen MR) is 78.9 cm³/mol. The summed E-state index contributed by atoms with van der Waals surface area (Å²) in [4.78, 5) is 6.92. The zero-order valence-corrected chi connectivity index (χ0v) is 12.9. The molecule has 0 amide bonds. The van der Waals surface area contributed by atoms with E-state index in [1.807, 2.05) is 0 Å². The summed E-state index contributed by atoms with van der Waals surface area (Å²) in [5, 5.41) is 10.2. The summed E-state index contributed by atoms with van der Waals surface area (Å²) >= 11 is 0. The normalized spacial score (nSPS) is 14.0. The van der Waals surface area contributed by atoms with Crippen molar-refractivity contribution >= 4 is 10.9 Å². The summed E-state index contributed by atoms with van der Waals surface area (Å²) in [5.74, 6) is 0. The molecule has 0 saturated heterocycles. The highest BCUT2D eigenvalue weighted by atomic mass is 19.4. The smallest absolute Gasteiger partial charge is 0.387 e. The van der Waals surface area contributed by atoms with Crippen molar-refractivity contribution in [2.45, 2.75) is 25.0 Å². The quantitative estimate of drug-likeness (QED) is 0.698. The fourth-order valence-electron chi connectivity index (χ4n) is 2.62. The molecule has 138 valence electrons. The first-order valence-corrected chi connectivity index (χ1v) is 7.29. The van der Waals surface area contributed by atoms with Gasteiger partial charge in [-0.05, 0) is 17.7 Å². The second-order valence-corrected chi connectivity index (χ2v) is 5.57. The second-order valence-electron chi connectivity index (χ2n) is 5.57. The first-order valence-electron chi connectivity index (χ1n) is 7.29. The molecule has 0 aliphatic carbocycles. The van der Waals surface area contributed by atoms with Gasteiger partial charge in [0.05, 0.1) is 30.1 Å². The summed E-state index contributed by atoms with van der Waals surface area (Å²) < 4.78 is 80.3. The molecule has 1 unspecified atom stereocenters. The van der Waals surface area contributed by atoms with E-state index in [1.165, 1.54) is 29.4 Å². The number of hydrogen-bond donors (Lipinski definition) is 1. The lowest BCUT2D eigenvalue weighted by Gasteiger charge is -2.18. The third-order valence-electron chi connectivity index (χ3n) is 3.77. The highest BCUT2D eigenvalue weighted by molar-refractivity contribution is 5.86. The Kier molecular flexibility index (Phi) is 4.39. The van der Waals surface area contributed by atoms with Crippen LogP contribution in [-0.2, 0) is 18.9 Å². The van der Waals surface area contributed by atoms with Gasteiger partial charge < -0.3 is 9.67 Å². The molecular formula is C16H11F6N3O. The van der Waals surface area contributed by atoms with Crippen LogP contribution in [0.3, 0.4) is 0 Å². The zero-order chi connectivity index (χ0) is 19.1.